The minimum Gasteiger partial charge on any atom is -0.394 e. The van der Waals surface area contributed by atoms with Crippen molar-refractivity contribution in [2.45, 2.75) is 30.4 Å². The van der Waals surface area contributed by atoms with E-state index in [2.05, 4.69) is 6.58 Å². The second kappa shape index (κ2) is 6.69. The van der Waals surface area contributed by atoms with Crippen LogP contribution in [0.1, 0.15) is 0 Å². The number of hydrogen-bond donors (Lipinski definition) is 6. The third kappa shape index (κ3) is 3.63. The van der Waals surface area contributed by atoms with Gasteiger partial charge < -0.3 is 31.9 Å². The normalized spacial score (nSPS) is 20.6. The van der Waals surface area contributed by atoms with E-state index in [1.807, 2.05) is 0 Å². The topological polar surface area (TPSA) is 150 Å². The van der Waals surface area contributed by atoms with Crippen LogP contribution in [0.3, 0.4) is 0 Å². The predicted octanol–water partition coefficient (Wildman–Crippen LogP) is -3.53. The van der Waals surface area contributed by atoms with E-state index in [0.717, 1.165) is 0 Å². The zero-order chi connectivity index (χ0) is 12.9. The Hall–Kier alpha value is -0.830. The van der Waals surface area contributed by atoms with Gasteiger partial charge in [0.15, 0.2) is 5.78 Å². The van der Waals surface area contributed by atoms with Gasteiger partial charge in [-0.05, 0) is 0 Å². The van der Waals surface area contributed by atoms with Crippen LogP contribution in [0.4, 0.5) is 0 Å². The molecule has 0 aliphatic rings. The number of aliphatic hydroxyl groups is 4. The summed E-state index contributed by atoms with van der Waals surface area (Å²) in [4.78, 5) is 11.4. The molecule has 0 saturated carbocycles. The molecule has 0 amide bonds. The Bertz CT molecular complexity index is 248. The predicted molar refractivity (Wildman–Crippen MR) is 56.3 cm³/mol. The molecule has 7 heteroatoms. The van der Waals surface area contributed by atoms with E-state index in [0.29, 0.717) is 0 Å². The van der Waals surface area contributed by atoms with Crippen molar-refractivity contribution in [1.82, 2.24) is 0 Å². The number of nitrogens with two attached hydrogens (primary N) is 2. The first-order valence-corrected chi connectivity index (χ1v) is 4.69. The van der Waals surface area contributed by atoms with Crippen LogP contribution >= 0.6 is 0 Å². The summed E-state index contributed by atoms with van der Waals surface area (Å²) < 4.78 is 0. The summed E-state index contributed by atoms with van der Waals surface area (Å²) in [6.45, 7) is 2.53. The van der Waals surface area contributed by atoms with Crippen LogP contribution in [0.15, 0.2) is 12.7 Å². The fourth-order valence-electron chi connectivity index (χ4n) is 1.03. The molecule has 0 spiro atoms. The molecule has 0 radical (unpaired) electrons. The highest BCUT2D eigenvalue weighted by Gasteiger charge is 2.33. The third-order valence-corrected chi connectivity index (χ3v) is 2.21. The molecule has 0 aromatic heterocycles. The molecular weight excluding hydrogens is 216 g/mol. The molecule has 5 atom stereocenters. The fourth-order valence-corrected chi connectivity index (χ4v) is 1.03. The summed E-state index contributed by atoms with van der Waals surface area (Å²) in [7, 11) is 0. The van der Waals surface area contributed by atoms with Crippen molar-refractivity contribution in [3.8, 4) is 0 Å². The summed E-state index contributed by atoms with van der Waals surface area (Å²) in [5.74, 6) is -0.994. The van der Waals surface area contributed by atoms with Crippen LogP contribution in [0, 0.1) is 0 Å². The van der Waals surface area contributed by atoms with Crippen LogP contribution in [0.5, 0.6) is 0 Å². The van der Waals surface area contributed by atoms with E-state index in [1.165, 1.54) is 6.08 Å². The summed E-state index contributed by atoms with van der Waals surface area (Å²) in [6.07, 6.45) is -3.70. The molecule has 2 unspecified atom stereocenters. The zero-order valence-corrected chi connectivity index (χ0v) is 8.73. The van der Waals surface area contributed by atoms with Crippen molar-refractivity contribution in [1.29, 1.82) is 0 Å². The van der Waals surface area contributed by atoms with E-state index >= 15 is 0 Å². The number of carbonyl (C=O) groups is 1. The van der Waals surface area contributed by atoms with Crippen LogP contribution in [-0.2, 0) is 4.79 Å². The minimum absolute atomic E-state index is 0.788. The summed E-state index contributed by atoms with van der Waals surface area (Å²) in [6, 6.07) is -2.37. The lowest BCUT2D eigenvalue weighted by atomic mass is 9.95. The molecule has 0 heterocycles. The first kappa shape index (κ1) is 15.2. The molecule has 0 fully saturated rings. The molecule has 0 aromatic rings. The molecule has 8 N–H and O–H groups in total. The highest BCUT2D eigenvalue weighted by atomic mass is 16.4. The van der Waals surface area contributed by atoms with E-state index in [-0.39, 0.29) is 0 Å². The van der Waals surface area contributed by atoms with E-state index in [1.54, 1.807) is 0 Å². The Morgan fingerprint density at radius 1 is 1.31 bits per heavy atom. The lowest BCUT2D eigenvalue weighted by Gasteiger charge is -2.24. The summed E-state index contributed by atoms with van der Waals surface area (Å²) in [5, 5.41) is 36.2. The number of aliphatic hydroxyl groups excluding tert-OH is 4. The van der Waals surface area contributed by atoms with Gasteiger partial charge in [0.25, 0.3) is 0 Å². The van der Waals surface area contributed by atoms with Crippen molar-refractivity contribution in [2.24, 2.45) is 11.5 Å². The van der Waals surface area contributed by atoms with Gasteiger partial charge in [-0.2, -0.15) is 0 Å². The first-order chi connectivity index (χ1) is 7.36. The van der Waals surface area contributed by atoms with Crippen LogP contribution in [-0.4, -0.2) is 63.2 Å². The Labute approximate surface area is 93.0 Å². The fraction of sp³-hybridized carbons (Fsp3) is 0.667. The SMILES string of the molecule is C=CC(N)C(O)[C@H](N)C(=O)[C@H](O)[C@H](O)CO. The molecule has 0 aliphatic heterocycles. The van der Waals surface area contributed by atoms with Gasteiger partial charge in [0.05, 0.1) is 24.8 Å². The minimum atomic E-state index is -1.85. The molecular formula is C9H18N2O5. The number of Topliss-reactive ketones (excluding diaryl/α,β-unsaturated/α-hetero) is 1. The van der Waals surface area contributed by atoms with Gasteiger partial charge in [-0.25, -0.2) is 0 Å². The van der Waals surface area contributed by atoms with E-state index < -0.39 is 42.8 Å². The number of carbonyl (C=O) groups excluding carboxylic acids is 1. The van der Waals surface area contributed by atoms with Crippen LogP contribution in [0.2, 0.25) is 0 Å². The molecule has 0 aromatic carbocycles. The lowest BCUT2D eigenvalue weighted by Crippen LogP contribution is -2.55. The van der Waals surface area contributed by atoms with Gasteiger partial charge >= 0.3 is 0 Å². The van der Waals surface area contributed by atoms with Crippen LogP contribution in [0.25, 0.3) is 0 Å². The average Bonchev–Trinajstić information content (AvgIpc) is 2.32. The maximum absolute atomic E-state index is 11.4. The van der Waals surface area contributed by atoms with Crippen molar-refractivity contribution >= 4 is 5.78 Å². The monoisotopic (exact) mass is 234 g/mol. The molecule has 0 bridgehead atoms. The molecule has 7 nitrogen and oxygen atoms in total. The quantitative estimate of drug-likeness (QED) is 0.250. The Morgan fingerprint density at radius 3 is 2.19 bits per heavy atom. The third-order valence-electron chi connectivity index (χ3n) is 2.21. The molecule has 94 valence electrons. The maximum Gasteiger partial charge on any atom is 0.183 e. The second-order valence-corrected chi connectivity index (χ2v) is 3.43. The van der Waals surface area contributed by atoms with Crippen molar-refractivity contribution in [3.63, 3.8) is 0 Å². The van der Waals surface area contributed by atoms with Crippen molar-refractivity contribution in [3.05, 3.63) is 12.7 Å². The Balaban J connectivity index is 4.54. The smallest absolute Gasteiger partial charge is 0.183 e. The number of rotatable bonds is 7. The van der Waals surface area contributed by atoms with Crippen molar-refractivity contribution in [2.75, 3.05) is 6.61 Å². The Morgan fingerprint density at radius 2 is 1.81 bits per heavy atom. The number of ketones is 1. The van der Waals surface area contributed by atoms with Gasteiger partial charge in [-0.3, -0.25) is 4.79 Å². The van der Waals surface area contributed by atoms with Gasteiger partial charge in [-0.15, -0.1) is 6.58 Å². The molecule has 16 heavy (non-hydrogen) atoms. The lowest BCUT2D eigenvalue weighted by molar-refractivity contribution is -0.138. The Kier molecular flexibility index (Phi) is 6.34. The van der Waals surface area contributed by atoms with Crippen LogP contribution < -0.4 is 11.5 Å². The largest absolute Gasteiger partial charge is 0.394 e. The standard InChI is InChI=1S/C9H18N2O5/c1-2-4(10)7(14)6(11)9(16)8(15)5(13)3-12/h2,4-8,12-15H,1,3,10-11H2/t4?,5-,6+,7?,8-/m1/s1. The molecule has 0 aliphatic carbocycles. The van der Waals surface area contributed by atoms with Gasteiger partial charge in [0, 0.05) is 0 Å². The highest BCUT2D eigenvalue weighted by Crippen LogP contribution is 2.04. The first-order valence-electron chi connectivity index (χ1n) is 4.69. The zero-order valence-electron chi connectivity index (χ0n) is 8.73. The van der Waals surface area contributed by atoms with E-state index in [9.17, 15) is 15.0 Å². The molecule has 0 saturated heterocycles. The van der Waals surface area contributed by atoms with E-state index in [4.69, 9.17) is 21.7 Å². The number of hydrogen-bond acceptors (Lipinski definition) is 7. The molecule has 0 rings (SSSR count). The summed E-state index contributed by atoms with van der Waals surface area (Å²) in [5.41, 5.74) is 10.7. The van der Waals surface area contributed by atoms with Gasteiger partial charge in [0.1, 0.15) is 12.2 Å². The summed E-state index contributed by atoms with van der Waals surface area (Å²) >= 11 is 0. The maximum atomic E-state index is 11.4. The van der Waals surface area contributed by atoms with Gasteiger partial charge in [0.2, 0.25) is 0 Å². The highest BCUT2D eigenvalue weighted by molar-refractivity contribution is 5.89. The second-order valence-electron chi connectivity index (χ2n) is 3.43. The van der Waals surface area contributed by atoms with Gasteiger partial charge in [-0.1, -0.05) is 6.08 Å². The average molecular weight is 234 g/mol. The van der Waals surface area contributed by atoms with Crippen molar-refractivity contribution < 1.29 is 25.2 Å².